The third-order valence-electron chi connectivity index (χ3n) is 7.71. The smallest absolute Gasteiger partial charge is 0.236 e. The maximum absolute atomic E-state index is 12.7. The first-order valence-electron chi connectivity index (χ1n) is 13.2. The number of fused-ring (bicyclic) bond motifs is 3. The summed E-state index contributed by atoms with van der Waals surface area (Å²) in [6.45, 7) is 11.0. The van der Waals surface area contributed by atoms with Crippen LogP contribution < -0.4 is 4.90 Å². The molecule has 1 aliphatic carbocycles. The molecule has 0 bridgehead atoms. The lowest BCUT2D eigenvalue weighted by molar-refractivity contribution is -0.136. The Hall–Kier alpha value is -1.85. The standard InChI is InChI=1S/C25H36N6O3S/c32-22(30-11-15-34-16-12-30)18-28-5-7-31(8-6-28)24-23-19-3-1-2-4-20(19)35-25(23)27-21(26-24)17-29-9-13-33-14-10-29/h1-18H2. The lowest BCUT2D eigenvalue weighted by atomic mass is 9.97. The quantitative estimate of drug-likeness (QED) is 0.610. The minimum Gasteiger partial charge on any atom is -0.379 e. The highest BCUT2D eigenvalue weighted by molar-refractivity contribution is 7.19. The van der Waals surface area contributed by atoms with Crippen molar-refractivity contribution < 1.29 is 14.3 Å². The van der Waals surface area contributed by atoms with E-state index in [2.05, 4.69) is 14.7 Å². The molecule has 0 atom stereocenters. The zero-order valence-electron chi connectivity index (χ0n) is 20.5. The zero-order valence-corrected chi connectivity index (χ0v) is 21.4. The lowest BCUT2D eigenvalue weighted by Gasteiger charge is -2.37. The van der Waals surface area contributed by atoms with Crippen molar-refractivity contribution in [1.29, 1.82) is 0 Å². The summed E-state index contributed by atoms with van der Waals surface area (Å²) in [7, 11) is 0. The van der Waals surface area contributed by atoms with E-state index in [0.29, 0.717) is 32.8 Å². The van der Waals surface area contributed by atoms with Crippen LogP contribution in [-0.4, -0.2) is 116 Å². The topological polar surface area (TPSA) is 74.3 Å². The normalized spacial score (nSPS) is 22.5. The Morgan fingerprint density at radius 2 is 1.54 bits per heavy atom. The summed E-state index contributed by atoms with van der Waals surface area (Å²) in [6, 6.07) is 0. The summed E-state index contributed by atoms with van der Waals surface area (Å²) in [5.41, 5.74) is 1.49. The number of amides is 1. The fraction of sp³-hybridized carbons (Fsp3) is 0.720. The minimum atomic E-state index is 0.228. The van der Waals surface area contributed by atoms with Crippen LogP contribution in [0.5, 0.6) is 0 Å². The van der Waals surface area contributed by atoms with E-state index in [1.807, 2.05) is 16.2 Å². The number of piperazine rings is 1. The van der Waals surface area contributed by atoms with Crippen molar-refractivity contribution >= 4 is 33.3 Å². The van der Waals surface area contributed by atoms with E-state index in [1.165, 1.54) is 35.1 Å². The number of morpholine rings is 2. The van der Waals surface area contributed by atoms with Gasteiger partial charge in [-0.3, -0.25) is 14.6 Å². The van der Waals surface area contributed by atoms with E-state index in [-0.39, 0.29) is 5.91 Å². The van der Waals surface area contributed by atoms with Crippen molar-refractivity contribution in [2.75, 3.05) is 90.2 Å². The van der Waals surface area contributed by atoms with Crippen molar-refractivity contribution in [3.8, 4) is 0 Å². The van der Waals surface area contributed by atoms with Gasteiger partial charge in [-0.05, 0) is 31.2 Å². The largest absolute Gasteiger partial charge is 0.379 e. The van der Waals surface area contributed by atoms with Crippen molar-refractivity contribution in [2.24, 2.45) is 0 Å². The van der Waals surface area contributed by atoms with E-state index < -0.39 is 0 Å². The highest BCUT2D eigenvalue weighted by Gasteiger charge is 2.28. The number of aromatic nitrogens is 2. The molecule has 5 heterocycles. The highest BCUT2D eigenvalue weighted by atomic mass is 32.1. The van der Waals surface area contributed by atoms with Crippen LogP contribution in [0.4, 0.5) is 5.82 Å². The number of anilines is 1. The van der Waals surface area contributed by atoms with E-state index >= 15 is 0 Å². The summed E-state index contributed by atoms with van der Waals surface area (Å²) in [5.74, 6) is 2.28. The summed E-state index contributed by atoms with van der Waals surface area (Å²) in [6.07, 6.45) is 4.85. The third-order valence-corrected chi connectivity index (χ3v) is 8.89. The van der Waals surface area contributed by atoms with Gasteiger partial charge < -0.3 is 19.3 Å². The van der Waals surface area contributed by atoms with Crippen LogP contribution in [0.1, 0.15) is 29.1 Å². The molecule has 6 rings (SSSR count). The van der Waals surface area contributed by atoms with Gasteiger partial charge in [0.2, 0.25) is 5.91 Å². The molecule has 3 saturated heterocycles. The number of hydrogen-bond acceptors (Lipinski definition) is 9. The Bertz CT molecular complexity index is 1040. The van der Waals surface area contributed by atoms with Gasteiger partial charge in [0.05, 0.1) is 44.9 Å². The summed E-state index contributed by atoms with van der Waals surface area (Å²) in [5, 5.41) is 1.30. The average molecular weight is 501 g/mol. The predicted molar refractivity (Wildman–Crippen MR) is 136 cm³/mol. The van der Waals surface area contributed by atoms with Gasteiger partial charge in [-0.15, -0.1) is 11.3 Å². The molecule has 2 aromatic heterocycles. The predicted octanol–water partition coefficient (Wildman–Crippen LogP) is 1.38. The van der Waals surface area contributed by atoms with Crippen molar-refractivity contribution in [1.82, 2.24) is 24.7 Å². The number of thiophene rings is 1. The van der Waals surface area contributed by atoms with E-state index in [0.717, 1.165) is 81.9 Å². The maximum Gasteiger partial charge on any atom is 0.236 e. The van der Waals surface area contributed by atoms with Crippen molar-refractivity contribution in [3.05, 3.63) is 16.3 Å². The van der Waals surface area contributed by atoms with Gasteiger partial charge in [0.1, 0.15) is 16.5 Å². The van der Waals surface area contributed by atoms with Gasteiger partial charge in [-0.1, -0.05) is 0 Å². The van der Waals surface area contributed by atoms with E-state index in [1.54, 1.807) is 0 Å². The van der Waals surface area contributed by atoms with Gasteiger partial charge >= 0.3 is 0 Å². The Morgan fingerprint density at radius 3 is 2.31 bits per heavy atom. The Labute approximate surface area is 211 Å². The van der Waals surface area contributed by atoms with Crippen LogP contribution >= 0.6 is 11.3 Å². The number of aryl methyl sites for hydroxylation is 2. The second-order valence-corrected chi connectivity index (χ2v) is 11.1. The number of nitrogens with zero attached hydrogens (tertiary/aromatic N) is 6. The number of rotatable bonds is 5. The van der Waals surface area contributed by atoms with Crippen molar-refractivity contribution in [2.45, 2.75) is 32.2 Å². The third kappa shape index (κ3) is 5.17. The SMILES string of the molecule is O=C(CN1CCN(c2nc(CN3CCOCC3)nc3sc4c(c23)CCCC4)CC1)N1CCOCC1. The van der Waals surface area contributed by atoms with E-state index in [9.17, 15) is 4.79 Å². The molecule has 1 amide bonds. The molecule has 4 aliphatic rings. The first-order valence-corrected chi connectivity index (χ1v) is 14.0. The summed E-state index contributed by atoms with van der Waals surface area (Å²) in [4.78, 5) is 34.8. The fourth-order valence-corrected chi connectivity index (χ4v) is 6.94. The number of carbonyl (C=O) groups excluding carboxylic acids is 1. The van der Waals surface area contributed by atoms with E-state index in [4.69, 9.17) is 19.4 Å². The van der Waals surface area contributed by atoms with Crippen LogP contribution in [0, 0.1) is 0 Å². The molecular weight excluding hydrogens is 464 g/mol. The van der Waals surface area contributed by atoms with Gasteiger partial charge in [0.15, 0.2) is 0 Å². The molecule has 0 saturated carbocycles. The maximum atomic E-state index is 12.7. The number of carbonyl (C=O) groups is 1. The summed E-state index contributed by atoms with van der Waals surface area (Å²) < 4.78 is 10.9. The second-order valence-electron chi connectivity index (χ2n) is 10.00. The minimum absolute atomic E-state index is 0.228. The Kier molecular flexibility index (Phi) is 7.16. The number of hydrogen-bond donors (Lipinski definition) is 0. The zero-order chi connectivity index (χ0) is 23.6. The molecule has 0 unspecified atom stereocenters. The fourth-order valence-electron chi connectivity index (χ4n) is 5.66. The van der Waals surface area contributed by atoms with Crippen LogP contribution in [0.25, 0.3) is 10.2 Å². The summed E-state index contributed by atoms with van der Waals surface area (Å²) >= 11 is 1.89. The molecule has 35 heavy (non-hydrogen) atoms. The average Bonchev–Trinajstić information content (AvgIpc) is 3.28. The molecule has 3 fully saturated rings. The van der Waals surface area contributed by atoms with Crippen LogP contribution in [0.2, 0.25) is 0 Å². The molecule has 190 valence electrons. The number of ether oxygens (including phenoxy) is 2. The Balaban J connectivity index is 1.20. The van der Waals surface area contributed by atoms with Crippen LogP contribution in [0.15, 0.2) is 0 Å². The molecule has 0 N–H and O–H groups in total. The molecule has 10 heteroatoms. The first kappa shape index (κ1) is 23.5. The molecule has 9 nitrogen and oxygen atoms in total. The molecular formula is C25H36N6O3S. The van der Waals surface area contributed by atoms with Gasteiger partial charge in [0.25, 0.3) is 0 Å². The van der Waals surface area contributed by atoms with Gasteiger partial charge in [-0.2, -0.15) is 0 Å². The lowest BCUT2D eigenvalue weighted by Crippen LogP contribution is -2.51. The first-order chi connectivity index (χ1) is 17.2. The second kappa shape index (κ2) is 10.6. The van der Waals surface area contributed by atoms with Gasteiger partial charge in [-0.25, -0.2) is 9.97 Å². The monoisotopic (exact) mass is 500 g/mol. The Morgan fingerprint density at radius 1 is 0.829 bits per heavy atom. The van der Waals surface area contributed by atoms with Gasteiger partial charge in [0, 0.05) is 57.2 Å². The molecule has 0 aromatic carbocycles. The molecule has 0 radical (unpaired) electrons. The molecule has 2 aromatic rings. The highest BCUT2D eigenvalue weighted by Crippen LogP contribution is 2.40. The molecule has 0 spiro atoms. The van der Waals surface area contributed by atoms with Crippen molar-refractivity contribution in [3.63, 3.8) is 0 Å². The van der Waals surface area contributed by atoms with Crippen LogP contribution in [-0.2, 0) is 33.7 Å². The van der Waals surface area contributed by atoms with Crippen LogP contribution in [0.3, 0.4) is 0 Å². The molecule has 3 aliphatic heterocycles.